The molecule has 0 atom stereocenters. The van der Waals surface area contributed by atoms with Crippen molar-refractivity contribution in [1.29, 1.82) is 0 Å². The van der Waals surface area contributed by atoms with Gasteiger partial charge in [-0.1, -0.05) is 30.3 Å². The summed E-state index contributed by atoms with van der Waals surface area (Å²) in [4.78, 5) is 3.96. The molecular weight excluding hydrogens is 390 g/mol. The highest BCUT2D eigenvalue weighted by Gasteiger charge is 2.12. The van der Waals surface area contributed by atoms with E-state index in [4.69, 9.17) is 4.74 Å². The monoisotopic (exact) mass is 407 g/mol. The molecule has 0 saturated carbocycles. The van der Waals surface area contributed by atoms with E-state index in [1.807, 2.05) is 18.2 Å². The van der Waals surface area contributed by atoms with Crippen LogP contribution < -0.4 is 9.46 Å². The first-order valence-electron chi connectivity index (χ1n) is 8.72. The molecule has 2 aromatic carbocycles. The van der Waals surface area contributed by atoms with Crippen LogP contribution in [-0.4, -0.2) is 28.2 Å². The number of benzene rings is 2. The normalized spacial score (nSPS) is 11.2. The van der Waals surface area contributed by atoms with Gasteiger partial charge in [0, 0.05) is 24.1 Å². The Balaban J connectivity index is 1.39. The van der Waals surface area contributed by atoms with Crippen LogP contribution in [0.15, 0.2) is 85.5 Å². The largest absolute Gasteiger partial charge is 0.438 e. The standard InChI is InChI=1S/C20H17N5O3S/c26-29(27,14-16-4-2-1-3-5-16)24-17-6-8-18(9-7-17)28-20-11-10-19(22-23-20)25-13-12-21-15-25/h1-13,15,24H,14H2. The Hall–Kier alpha value is -3.72. The molecule has 0 radical (unpaired) electrons. The molecule has 0 aliphatic heterocycles. The molecule has 2 aromatic heterocycles. The SMILES string of the molecule is O=S(=O)(Cc1ccccc1)Nc1ccc(Oc2ccc(-n3ccnc3)nn2)cc1. The molecule has 29 heavy (non-hydrogen) atoms. The highest BCUT2D eigenvalue weighted by atomic mass is 32.2. The van der Waals surface area contributed by atoms with Crippen LogP contribution in [0, 0.1) is 0 Å². The molecule has 0 unspecified atom stereocenters. The smallest absolute Gasteiger partial charge is 0.238 e. The molecule has 1 N–H and O–H groups in total. The summed E-state index contributed by atoms with van der Waals surface area (Å²) in [6.45, 7) is 0. The quantitative estimate of drug-likeness (QED) is 0.504. The number of ether oxygens (including phenoxy) is 1. The lowest BCUT2D eigenvalue weighted by atomic mass is 10.2. The van der Waals surface area contributed by atoms with E-state index in [9.17, 15) is 8.42 Å². The summed E-state index contributed by atoms with van der Waals surface area (Å²) < 4.78 is 34.6. The fourth-order valence-electron chi connectivity index (χ4n) is 2.62. The number of nitrogens with one attached hydrogen (secondary N) is 1. The van der Waals surface area contributed by atoms with E-state index in [0.717, 1.165) is 5.56 Å². The van der Waals surface area contributed by atoms with Crippen LogP contribution in [0.1, 0.15) is 5.56 Å². The lowest BCUT2D eigenvalue weighted by Crippen LogP contribution is -2.14. The van der Waals surface area contributed by atoms with Crippen LogP contribution in [-0.2, 0) is 15.8 Å². The lowest BCUT2D eigenvalue weighted by molar-refractivity contribution is 0.454. The van der Waals surface area contributed by atoms with E-state index in [1.165, 1.54) is 0 Å². The van der Waals surface area contributed by atoms with Gasteiger partial charge in [-0.25, -0.2) is 13.4 Å². The predicted molar refractivity (Wildman–Crippen MR) is 108 cm³/mol. The molecule has 4 rings (SSSR count). The van der Waals surface area contributed by atoms with Gasteiger partial charge in [-0.15, -0.1) is 10.2 Å². The van der Waals surface area contributed by atoms with Gasteiger partial charge in [0.2, 0.25) is 15.9 Å². The van der Waals surface area contributed by atoms with Gasteiger partial charge < -0.3 is 4.74 Å². The van der Waals surface area contributed by atoms with Crippen molar-refractivity contribution in [2.75, 3.05) is 4.72 Å². The van der Waals surface area contributed by atoms with Crippen molar-refractivity contribution < 1.29 is 13.2 Å². The number of anilines is 1. The van der Waals surface area contributed by atoms with Crippen LogP contribution in [0.4, 0.5) is 5.69 Å². The molecule has 0 aliphatic rings. The second-order valence-corrected chi connectivity index (χ2v) is 7.90. The summed E-state index contributed by atoms with van der Waals surface area (Å²) in [6.07, 6.45) is 5.05. The average Bonchev–Trinajstić information content (AvgIpc) is 3.25. The summed E-state index contributed by atoms with van der Waals surface area (Å²) in [5.41, 5.74) is 1.17. The van der Waals surface area contributed by atoms with E-state index in [0.29, 0.717) is 23.1 Å². The molecule has 4 aromatic rings. The number of imidazole rings is 1. The van der Waals surface area contributed by atoms with Crippen molar-refractivity contribution in [2.24, 2.45) is 0 Å². The van der Waals surface area contributed by atoms with Gasteiger partial charge in [0.1, 0.15) is 12.1 Å². The number of hydrogen-bond acceptors (Lipinski definition) is 6. The van der Waals surface area contributed by atoms with Crippen LogP contribution in [0.3, 0.4) is 0 Å². The molecular formula is C20H17N5O3S. The third-order valence-electron chi connectivity index (χ3n) is 3.94. The summed E-state index contributed by atoms with van der Waals surface area (Å²) >= 11 is 0. The molecule has 146 valence electrons. The molecule has 0 aliphatic carbocycles. The zero-order valence-corrected chi connectivity index (χ0v) is 16.0. The summed E-state index contributed by atoms with van der Waals surface area (Å²) in [5.74, 6) is 1.37. The minimum absolute atomic E-state index is 0.0923. The number of rotatable bonds is 7. The van der Waals surface area contributed by atoms with E-state index >= 15 is 0 Å². The molecule has 0 saturated heterocycles. The third-order valence-corrected chi connectivity index (χ3v) is 5.20. The number of nitrogens with zero attached hydrogens (tertiary/aromatic N) is 4. The fourth-order valence-corrected chi connectivity index (χ4v) is 3.82. The Kier molecular flexibility index (Phi) is 5.21. The van der Waals surface area contributed by atoms with Gasteiger partial charge in [0.05, 0.1) is 5.75 Å². The molecule has 8 nitrogen and oxygen atoms in total. The van der Waals surface area contributed by atoms with Gasteiger partial charge >= 0.3 is 0 Å². The maximum atomic E-state index is 12.3. The molecule has 0 bridgehead atoms. The first kappa shape index (κ1) is 18.6. The Bertz CT molecular complexity index is 1160. The van der Waals surface area contributed by atoms with Crippen LogP contribution >= 0.6 is 0 Å². The molecule has 0 spiro atoms. The van der Waals surface area contributed by atoms with E-state index in [2.05, 4.69) is 19.9 Å². The first-order chi connectivity index (χ1) is 14.1. The number of sulfonamides is 1. The van der Waals surface area contributed by atoms with Gasteiger partial charge in [-0.05, 0) is 35.9 Å². The average molecular weight is 407 g/mol. The Morgan fingerprint density at radius 3 is 2.38 bits per heavy atom. The summed E-state index contributed by atoms with van der Waals surface area (Å²) in [7, 11) is -3.51. The van der Waals surface area contributed by atoms with E-state index in [-0.39, 0.29) is 5.75 Å². The number of aromatic nitrogens is 4. The lowest BCUT2D eigenvalue weighted by Gasteiger charge is -2.09. The minimum atomic E-state index is -3.51. The summed E-state index contributed by atoms with van der Waals surface area (Å²) in [5, 5.41) is 8.11. The third kappa shape index (κ3) is 4.96. The van der Waals surface area contributed by atoms with Crippen molar-refractivity contribution >= 4 is 15.7 Å². The fraction of sp³-hybridized carbons (Fsp3) is 0.0500. The van der Waals surface area contributed by atoms with Crippen LogP contribution in [0.5, 0.6) is 11.6 Å². The van der Waals surface area contributed by atoms with E-state index in [1.54, 1.807) is 71.8 Å². The zero-order valence-electron chi connectivity index (χ0n) is 15.2. The van der Waals surface area contributed by atoms with E-state index < -0.39 is 10.0 Å². The molecule has 0 amide bonds. The Labute approximate surface area is 167 Å². The molecule has 2 heterocycles. The van der Waals surface area contributed by atoms with Crippen molar-refractivity contribution in [3.63, 3.8) is 0 Å². The van der Waals surface area contributed by atoms with Crippen molar-refractivity contribution in [1.82, 2.24) is 19.7 Å². The van der Waals surface area contributed by atoms with Gasteiger partial charge in [0.15, 0.2) is 5.82 Å². The van der Waals surface area contributed by atoms with Gasteiger partial charge in [0.25, 0.3) is 0 Å². The maximum Gasteiger partial charge on any atom is 0.238 e. The highest BCUT2D eigenvalue weighted by Crippen LogP contribution is 2.22. The zero-order chi connectivity index (χ0) is 20.1. The number of hydrogen-bond donors (Lipinski definition) is 1. The molecule has 0 fully saturated rings. The topological polar surface area (TPSA) is 99.0 Å². The van der Waals surface area contributed by atoms with Gasteiger partial charge in [-0.3, -0.25) is 9.29 Å². The Morgan fingerprint density at radius 2 is 1.72 bits per heavy atom. The van der Waals surface area contributed by atoms with Crippen molar-refractivity contribution in [3.05, 3.63) is 91.0 Å². The second kappa shape index (κ2) is 8.11. The maximum absolute atomic E-state index is 12.3. The summed E-state index contributed by atoms with van der Waals surface area (Å²) in [6, 6.07) is 19.0. The van der Waals surface area contributed by atoms with Crippen molar-refractivity contribution in [2.45, 2.75) is 5.75 Å². The highest BCUT2D eigenvalue weighted by molar-refractivity contribution is 7.91. The predicted octanol–water partition coefficient (Wildman–Crippen LogP) is 3.40. The minimum Gasteiger partial charge on any atom is -0.438 e. The molecule has 9 heteroatoms. The first-order valence-corrected chi connectivity index (χ1v) is 10.4. The van der Waals surface area contributed by atoms with Crippen LogP contribution in [0.25, 0.3) is 5.82 Å². The Morgan fingerprint density at radius 1 is 0.931 bits per heavy atom. The second-order valence-electron chi connectivity index (χ2n) is 6.17. The van der Waals surface area contributed by atoms with Gasteiger partial charge in [-0.2, -0.15) is 0 Å². The van der Waals surface area contributed by atoms with Crippen molar-refractivity contribution in [3.8, 4) is 17.4 Å². The van der Waals surface area contributed by atoms with Crippen LogP contribution in [0.2, 0.25) is 0 Å².